The molecule has 0 radical (unpaired) electrons. The third-order valence-electron chi connectivity index (χ3n) is 3.05. The quantitative estimate of drug-likeness (QED) is 0.480. The van der Waals surface area contributed by atoms with Crippen LogP contribution in [0.15, 0.2) is 96.3 Å². The van der Waals surface area contributed by atoms with Gasteiger partial charge < -0.3 is 9.84 Å². The fourth-order valence-corrected chi connectivity index (χ4v) is 1.84. The van der Waals surface area contributed by atoms with Crippen molar-refractivity contribution in [1.82, 2.24) is 0 Å². The predicted octanol–water partition coefficient (Wildman–Crippen LogP) is 3.85. The predicted molar refractivity (Wildman–Crippen MR) is 89.4 cm³/mol. The summed E-state index contributed by atoms with van der Waals surface area (Å²) in [5, 5.41) is 11.7. The molecule has 1 aliphatic carbocycles. The molecule has 0 amide bonds. The Morgan fingerprint density at radius 2 is 1.65 bits per heavy atom. The van der Waals surface area contributed by atoms with Crippen molar-refractivity contribution in [3.63, 3.8) is 0 Å². The second-order valence-electron chi connectivity index (χ2n) is 4.61. The van der Waals surface area contributed by atoms with Gasteiger partial charge in [-0.2, -0.15) is 18.2 Å². The molecule has 0 heterocycles. The van der Waals surface area contributed by atoms with Crippen LogP contribution in [0.3, 0.4) is 0 Å². The minimum absolute atomic E-state index is 0. The van der Waals surface area contributed by atoms with Crippen molar-refractivity contribution in [1.29, 1.82) is 0 Å². The molecular weight excluding hydrogens is 328 g/mol. The molecule has 0 saturated heterocycles. The summed E-state index contributed by atoms with van der Waals surface area (Å²) in [6, 6.07) is 17.6. The van der Waals surface area contributed by atoms with Crippen molar-refractivity contribution in [2.75, 3.05) is 7.11 Å². The molecule has 0 aliphatic heterocycles. The number of allylic oxidation sites excluding steroid dienone is 6. The second-order valence-corrected chi connectivity index (χ2v) is 4.61. The van der Waals surface area contributed by atoms with E-state index in [-0.39, 0.29) is 22.8 Å². The Bertz CT molecular complexity index is 644. The molecule has 0 N–H and O–H groups in total. The van der Waals surface area contributed by atoms with Gasteiger partial charge in [-0.1, -0.05) is 48.6 Å². The molecule has 23 heavy (non-hydrogen) atoms. The van der Waals surface area contributed by atoms with Crippen LogP contribution < -0.4 is 9.84 Å². The number of hydrogen-bond acceptors (Lipinski definition) is 2. The molecular formula is C20H18FeO2. The number of methoxy groups -OCH3 is 1. The Balaban J connectivity index is 0.000000377. The largest absolute Gasteiger partial charge is 2.00 e. The Morgan fingerprint density at radius 3 is 2.13 bits per heavy atom. The van der Waals surface area contributed by atoms with Crippen LogP contribution in [0.4, 0.5) is 0 Å². The summed E-state index contributed by atoms with van der Waals surface area (Å²) in [4.78, 5) is 0. The van der Waals surface area contributed by atoms with Gasteiger partial charge in [-0.15, -0.1) is 5.76 Å². The standard InChI is InChI=1S/C15H14O2.C5H5.Fe/c1-17-14-9-6-12(7-10-14)8-11-15(16)13-4-2-3-5-13;1-2-4-5-3-1;/h2-11,16H,1H3;1-5H;/q;-1;+2/p-1/b11-8+;;. The molecule has 2 aromatic rings. The van der Waals surface area contributed by atoms with Crippen molar-refractivity contribution >= 4 is 6.08 Å². The van der Waals surface area contributed by atoms with E-state index in [0.29, 0.717) is 0 Å². The van der Waals surface area contributed by atoms with E-state index in [2.05, 4.69) is 0 Å². The summed E-state index contributed by atoms with van der Waals surface area (Å²) in [5.41, 5.74) is 1.69. The number of benzene rings is 1. The van der Waals surface area contributed by atoms with E-state index in [4.69, 9.17) is 4.74 Å². The summed E-state index contributed by atoms with van der Waals surface area (Å²) < 4.78 is 5.06. The van der Waals surface area contributed by atoms with Gasteiger partial charge in [0.2, 0.25) is 0 Å². The fraction of sp³-hybridized carbons (Fsp3) is 0.0500. The molecule has 0 atom stereocenters. The molecule has 0 unspecified atom stereocenters. The topological polar surface area (TPSA) is 32.3 Å². The van der Waals surface area contributed by atoms with Gasteiger partial charge in [0.25, 0.3) is 0 Å². The summed E-state index contributed by atoms with van der Waals surface area (Å²) in [6.45, 7) is 0. The molecule has 2 nitrogen and oxygen atoms in total. The summed E-state index contributed by atoms with van der Waals surface area (Å²) in [7, 11) is 1.63. The smallest absolute Gasteiger partial charge is 0.872 e. The van der Waals surface area contributed by atoms with E-state index in [9.17, 15) is 5.11 Å². The first-order valence-electron chi connectivity index (χ1n) is 7.04. The average Bonchev–Trinajstić information content (AvgIpc) is 3.28. The summed E-state index contributed by atoms with van der Waals surface area (Å²) in [6.07, 6.45) is 10.7. The van der Waals surface area contributed by atoms with E-state index < -0.39 is 0 Å². The van der Waals surface area contributed by atoms with Crippen molar-refractivity contribution in [2.24, 2.45) is 0 Å². The van der Waals surface area contributed by atoms with E-state index in [0.717, 1.165) is 16.9 Å². The van der Waals surface area contributed by atoms with E-state index in [1.807, 2.05) is 66.7 Å². The van der Waals surface area contributed by atoms with Crippen LogP contribution in [0.5, 0.6) is 5.75 Å². The van der Waals surface area contributed by atoms with Crippen LogP contribution in [0, 0.1) is 0 Å². The van der Waals surface area contributed by atoms with E-state index in [1.54, 1.807) is 31.4 Å². The molecule has 118 valence electrons. The monoisotopic (exact) mass is 346 g/mol. The maximum absolute atomic E-state index is 11.7. The van der Waals surface area contributed by atoms with Crippen molar-refractivity contribution in [2.45, 2.75) is 0 Å². The third-order valence-corrected chi connectivity index (χ3v) is 3.05. The third kappa shape index (κ3) is 6.52. The van der Waals surface area contributed by atoms with Crippen molar-refractivity contribution in [3.05, 3.63) is 102 Å². The van der Waals surface area contributed by atoms with Gasteiger partial charge in [0, 0.05) is 0 Å². The van der Waals surface area contributed by atoms with Crippen molar-refractivity contribution < 1.29 is 26.9 Å². The normalized spacial score (nSPS) is 11.8. The molecule has 0 spiro atoms. The van der Waals surface area contributed by atoms with Crippen LogP contribution in [-0.4, -0.2) is 7.11 Å². The van der Waals surface area contributed by atoms with Gasteiger partial charge in [-0.25, -0.2) is 12.1 Å². The number of rotatable bonds is 3. The molecule has 2 aromatic carbocycles. The minimum Gasteiger partial charge on any atom is -0.872 e. The molecule has 0 aromatic heterocycles. The van der Waals surface area contributed by atoms with Gasteiger partial charge in [0.05, 0.1) is 7.11 Å². The van der Waals surface area contributed by atoms with Crippen LogP contribution >= 0.6 is 0 Å². The van der Waals surface area contributed by atoms with Gasteiger partial charge in [-0.3, -0.25) is 0 Å². The molecule has 0 fully saturated rings. The molecule has 0 saturated carbocycles. The summed E-state index contributed by atoms with van der Waals surface area (Å²) >= 11 is 0. The second kappa shape index (κ2) is 10.4. The SMILES string of the molecule is COc1ccc(/C=C/C([O-])=C2C=CC=C2)cc1.[Fe+2].c1cc[cH-]c1. The zero-order chi connectivity index (χ0) is 15.6. The van der Waals surface area contributed by atoms with Crippen LogP contribution in [0.25, 0.3) is 6.08 Å². The fourth-order valence-electron chi connectivity index (χ4n) is 1.84. The molecule has 1 aliphatic rings. The zero-order valence-electron chi connectivity index (χ0n) is 12.8. The average molecular weight is 346 g/mol. The zero-order valence-corrected chi connectivity index (χ0v) is 13.9. The first kappa shape index (κ1) is 18.7. The molecule has 3 heteroatoms. The van der Waals surface area contributed by atoms with Crippen LogP contribution in [0.1, 0.15) is 5.56 Å². The number of ether oxygens (including phenoxy) is 1. The first-order valence-corrected chi connectivity index (χ1v) is 7.04. The van der Waals surface area contributed by atoms with Gasteiger partial charge in [0.1, 0.15) is 5.75 Å². The number of hydrogen-bond donors (Lipinski definition) is 0. The van der Waals surface area contributed by atoms with Gasteiger partial charge >= 0.3 is 17.1 Å². The van der Waals surface area contributed by atoms with Crippen molar-refractivity contribution in [3.8, 4) is 5.75 Å². The van der Waals surface area contributed by atoms with Crippen LogP contribution in [-0.2, 0) is 17.1 Å². The van der Waals surface area contributed by atoms with Crippen LogP contribution in [0.2, 0.25) is 0 Å². The minimum atomic E-state index is 0. The van der Waals surface area contributed by atoms with Gasteiger partial charge in [-0.05, 0) is 23.3 Å². The molecule has 0 bridgehead atoms. The van der Waals surface area contributed by atoms with E-state index >= 15 is 0 Å². The maximum Gasteiger partial charge on any atom is 2.00 e. The van der Waals surface area contributed by atoms with E-state index in [1.165, 1.54) is 0 Å². The molecule has 3 rings (SSSR count). The first-order chi connectivity index (χ1) is 10.8. The van der Waals surface area contributed by atoms with Gasteiger partial charge in [0.15, 0.2) is 0 Å². The Labute approximate surface area is 148 Å². The Morgan fingerprint density at radius 1 is 1.04 bits per heavy atom. The Hall–Kier alpha value is -2.35. The summed E-state index contributed by atoms with van der Waals surface area (Å²) in [5.74, 6) is 0.829. The Kier molecular flexibility index (Phi) is 8.44. The maximum atomic E-state index is 11.7.